The Kier molecular flexibility index (Phi) is 3.23. The molecule has 94 valence electrons. The monoisotopic (exact) mass is 260 g/mol. The number of nitrogens with one attached hydrogen (secondary N) is 1. The summed E-state index contributed by atoms with van der Waals surface area (Å²) < 4.78 is 1.76. The third-order valence-corrected chi connectivity index (χ3v) is 4.60. The Morgan fingerprint density at radius 3 is 2.78 bits per heavy atom. The van der Waals surface area contributed by atoms with Gasteiger partial charge in [-0.2, -0.15) is 16.9 Å². The highest BCUT2D eigenvalue weighted by atomic mass is 32.2. The van der Waals surface area contributed by atoms with E-state index in [1.807, 2.05) is 11.8 Å². The third kappa shape index (κ3) is 2.36. The van der Waals surface area contributed by atoms with E-state index in [2.05, 4.69) is 46.6 Å². The van der Waals surface area contributed by atoms with Crippen molar-refractivity contribution in [3.05, 3.63) is 36.9 Å². The highest BCUT2D eigenvalue weighted by Crippen LogP contribution is 2.28. The molecule has 0 saturated carbocycles. The number of nitrogens with zero attached hydrogens (tertiary/aromatic N) is 3. The summed E-state index contributed by atoms with van der Waals surface area (Å²) >= 11 is 2.04. The quantitative estimate of drug-likeness (QED) is 0.921. The molecule has 1 saturated heterocycles. The molecule has 2 heterocycles. The van der Waals surface area contributed by atoms with Crippen LogP contribution in [0.4, 0.5) is 5.69 Å². The van der Waals surface area contributed by atoms with E-state index in [4.69, 9.17) is 0 Å². The van der Waals surface area contributed by atoms with Crippen LogP contribution < -0.4 is 5.32 Å². The lowest BCUT2D eigenvalue weighted by Gasteiger charge is -2.18. The molecular weight excluding hydrogens is 244 g/mol. The number of aromatic nitrogens is 3. The standard InChI is InChI=1S/C13H16N4S/c1-10-13(6-7-18-10)16-11-2-4-12(5-3-11)17-9-14-8-15-17/h2-5,8-10,13,16H,6-7H2,1H3. The van der Waals surface area contributed by atoms with Crippen LogP contribution in [0.1, 0.15) is 13.3 Å². The fraction of sp³-hybridized carbons (Fsp3) is 0.385. The highest BCUT2D eigenvalue weighted by molar-refractivity contribution is 8.00. The van der Waals surface area contributed by atoms with Crippen molar-refractivity contribution in [1.29, 1.82) is 0 Å². The first-order valence-corrected chi connectivity index (χ1v) is 7.21. The first-order valence-electron chi connectivity index (χ1n) is 6.16. The molecule has 0 bridgehead atoms. The van der Waals surface area contributed by atoms with E-state index in [-0.39, 0.29) is 0 Å². The van der Waals surface area contributed by atoms with E-state index in [1.54, 1.807) is 17.3 Å². The Balaban J connectivity index is 1.71. The van der Waals surface area contributed by atoms with Crippen LogP contribution in [0.3, 0.4) is 0 Å². The average Bonchev–Trinajstić information content (AvgIpc) is 3.03. The molecule has 0 radical (unpaired) electrons. The van der Waals surface area contributed by atoms with Gasteiger partial charge in [-0.1, -0.05) is 6.92 Å². The minimum absolute atomic E-state index is 0.590. The minimum Gasteiger partial charge on any atom is -0.381 e. The second kappa shape index (κ2) is 5.02. The molecule has 0 aliphatic carbocycles. The molecule has 18 heavy (non-hydrogen) atoms. The molecule has 1 aliphatic rings. The summed E-state index contributed by atoms with van der Waals surface area (Å²) in [5.41, 5.74) is 2.21. The summed E-state index contributed by atoms with van der Waals surface area (Å²) in [5.74, 6) is 1.26. The lowest BCUT2D eigenvalue weighted by atomic mass is 10.1. The van der Waals surface area contributed by atoms with Gasteiger partial charge in [0.05, 0.1) is 5.69 Å². The summed E-state index contributed by atoms with van der Waals surface area (Å²) in [6.45, 7) is 2.29. The van der Waals surface area contributed by atoms with Gasteiger partial charge in [-0.3, -0.25) is 0 Å². The van der Waals surface area contributed by atoms with Gasteiger partial charge in [0.15, 0.2) is 0 Å². The summed E-state index contributed by atoms with van der Waals surface area (Å²) in [6, 6.07) is 8.92. The Morgan fingerprint density at radius 1 is 1.33 bits per heavy atom. The molecule has 3 rings (SSSR count). The van der Waals surface area contributed by atoms with Crippen molar-refractivity contribution in [2.45, 2.75) is 24.6 Å². The van der Waals surface area contributed by atoms with Gasteiger partial charge in [0.25, 0.3) is 0 Å². The van der Waals surface area contributed by atoms with Crippen LogP contribution in [0.5, 0.6) is 0 Å². The van der Waals surface area contributed by atoms with Gasteiger partial charge in [0.2, 0.25) is 0 Å². The number of benzene rings is 1. The van der Waals surface area contributed by atoms with Crippen LogP contribution in [-0.2, 0) is 0 Å². The molecule has 2 aromatic rings. The van der Waals surface area contributed by atoms with Gasteiger partial charge in [-0.25, -0.2) is 9.67 Å². The first kappa shape index (κ1) is 11.6. The van der Waals surface area contributed by atoms with Crippen LogP contribution in [0, 0.1) is 0 Å². The number of hydrogen-bond donors (Lipinski definition) is 1. The number of hydrogen-bond acceptors (Lipinski definition) is 4. The maximum Gasteiger partial charge on any atom is 0.138 e. The van der Waals surface area contributed by atoms with Crippen LogP contribution in [-0.4, -0.2) is 31.8 Å². The molecular formula is C13H16N4S. The van der Waals surface area contributed by atoms with Gasteiger partial charge >= 0.3 is 0 Å². The topological polar surface area (TPSA) is 42.7 Å². The Bertz CT molecular complexity index is 494. The Morgan fingerprint density at radius 2 is 2.17 bits per heavy atom. The second-order valence-electron chi connectivity index (χ2n) is 4.50. The van der Waals surface area contributed by atoms with Crippen molar-refractivity contribution >= 4 is 17.4 Å². The molecule has 1 aliphatic heterocycles. The van der Waals surface area contributed by atoms with Gasteiger partial charge in [0.1, 0.15) is 12.7 Å². The predicted octanol–water partition coefficient (Wildman–Crippen LogP) is 2.57. The largest absolute Gasteiger partial charge is 0.381 e. The first-order chi connectivity index (χ1) is 8.83. The summed E-state index contributed by atoms with van der Waals surface area (Å²) in [4.78, 5) is 3.95. The molecule has 1 aromatic heterocycles. The maximum absolute atomic E-state index is 4.11. The SMILES string of the molecule is CC1SCCC1Nc1ccc(-n2cncn2)cc1. The van der Waals surface area contributed by atoms with Crippen molar-refractivity contribution in [2.75, 3.05) is 11.1 Å². The van der Waals surface area contributed by atoms with Crippen LogP contribution >= 0.6 is 11.8 Å². The lowest BCUT2D eigenvalue weighted by Crippen LogP contribution is -2.24. The lowest BCUT2D eigenvalue weighted by molar-refractivity contribution is 0.724. The molecule has 1 aromatic carbocycles. The molecule has 4 nitrogen and oxygen atoms in total. The second-order valence-corrected chi connectivity index (χ2v) is 5.99. The zero-order valence-corrected chi connectivity index (χ0v) is 11.1. The van der Waals surface area contributed by atoms with Gasteiger partial charge < -0.3 is 5.32 Å². The zero-order valence-electron chi connectivity index (χ0n) is 10.3. The van der Waals surface area contributed by atoms with Crippen molar-refractivity contribution < 1.29 is 0 Å². The van der Waals surface area contributed by atoms with Crippen LogP contribution in [0.25, 0.3) is 5.69 Å². The third-order valence-electron chi connectivity index (χ3n) is 3.28. The van der Waals surface area contributed by atoms with E-state index in [0.717, 1.165) is 5.69 Å². The van der Waals surface area contributed by atoms with Crippen LogP contribution in [0.15, 0.2) is 36.9 Å². The van der Waals surface area contributed by atoms with E-state index >= 15 is 0 Å². The van der Waals surface area contributed by atoms with Gasteiger partial charge in [-0.05, 0) is 36.4 Å². The summed E-state index contributed by atoms with van der Waals surface area (Å²) in [5, 5.41) is 8.40. The van der Waals surface area contributed by atoms with E-state index in [9.17, 15) is 0 Å². The van der Waals surface area contributed by atoms with Crippen molar-refractivity contribution in [2.24, 2.45) is 0 Å². The summed E-state index contributed by atoms with van der Waals surface area (Å²) in [7, 11) is 0. The zero-order chi connectivity index (χ0) is 12.4. The summed E-state index contributed by atoms with van der Waals surface area (Å²) in [6.07, 6.45) is 4.50. The van der Waals surface area contributed by atoms with E-state index < -0.39 is 0 Å². The molecule has 1 N–H and O–H groups in total. The highest BCUT2D eigenvalue weighted by Gasteiger charge is 2.23. The Labute approximate surface area is 111 Å². The van der Waals surface area contributed by atoms with Crippen molar-refractivity contribution in [1.82, 2.24) is 14.8 Å². The molecule has 0 spiro atoms. The molecule has 2 atom stereocenters. The Hall–Kier alpha value is -1.49. The van der Waals surface area contributed by atoms with E-state index in [1.165, 1.54) is 17.9 Å². The smallest absolute Gasteiger partial charge is 0.138 e. The van der Waals surface area contributed by atoms with E-state index in [0.29, 0.717) is 11.3 Å². The van der Waals surface area contributed by atoms with Crippen molar-refractivity contribution in [3.63, 3.8) is 0 Å². The number of thioether (sulfide) groups is 1. The molecule has 0 amide bonds. The van der Waals surface area contributed by atoms with Crippen LogP contribution in [0.2, 0.25) is 0 Å². The maximum atomic E-state index is 4.11. The average molecular weight is 260 g/mol. The molecule has 5 heteroatoms. The van der Waals surface area contributed by atoms with Gasteiger partial charge in [-0.15, -0.1) is 0 Å². The minimum atomic E-state index is 0.590. The normalized spacial score (nSPS) is 23.2. The molecule has 2 unspecified atom stereocenters. The fourth-order valence-corrected chi connectivity index (χ4v) is 3.39. The molecule has 1 fully saturated rings. The van der Waals surface area contributed by atoms with Crippen molar-refractivity contribution in [3.8, 4) is 5.69 Å². The fourth-order valence-electron chi connectivity index (χ4n) is 2.19. The predicted molar refractivity (Wildman–Crippen MR) is 75.3 cm³/mol. The number of anilines is 1. The number of rotatable bonds is 3. The van der Waals surface area contributed by atoms with Gasteiger partial charge in [0, 0.05) is 17.0 Å².